The molecule has 0 bridgehead atoms. The van der Waals surface area contributed by atoms with Gasteiger partial charge in [0.05, 0.1) is 23.9 Å². The lowest BCUT2D eigenvalue weighted by atomic mass is 10.1. The Kier molecular flexibility index (Phi) is 2.76. The molecule has 1 saturated heterocycles. The zero-order chi connectivity index (χ0) is 12.5. The average Bonchev–Trinajstić information content (AvgIpc) is 2.98. The highest BCUT2D eigenvalue weighted by Crippen LogP contribution is 2.15. The quantitative estimate of drug-likeness (QED) is 0.842. The fourth-order valence-electron chi connectivity index (χ4n) is 2.25. The van der Waals surface area contributed by atoms with Gasteiger partial charge in [-0.2, -0.15) is 5.10 Å². The highest BCUT2D eigenvalue weighted by atomic mass is 16.5. The van der Waals surface area contributed by atoms with Gasteiger partial charge in [-0.25, -0.2) is 0 Å². The van der Waals surface area contributed by atoms with Crippen molar-refractivity contribution in [1.29, 1.82) is 0 Å². The molecule has 1 aliphatic rings. The van der Waals surface area contributed by atoms with E-state index < -0.39 is 0 Å². The minimum Gasteiger partial charge on any atom is -0.376 e. The number of benzene rings is 1. The number of carbonyl (C=O) groups excluding carboxylic acids is 1. The molecule has 0 radical (unpaired) electrons. The summed E-state index contributed by atoms with van der Waals surface area (Å²) in [6.45, 7) is 2.70. The van der Waals surface area contributed by atoms with Crippen LogP contribution in [-0.4, -0.2) is 34.9 Å². The summed E-state index contributed by atoms with van der Waals surface area (Å²) < 4.78 is 5.43. The molecule has 2 unspecified atom stereocenters. The Labute approximate surface area is 105 Å². The molecule has 2 atom stereocenters. The van der Waals surface area contributed by atoms with Crippen molar-refractivity contribution < 1.29 is 9.53 Å². The Morgan fingerprint density at radius 1 is 1.56 bits per heavy atom. The van der Waals surface area contributed by atoms with Crippen molar-refractivity contribution in [2.24, 2.45) is 0 Å². The molecule has 2 aromatic rings. The lowest BCUT2D eigenvalue weighted by molar-refractivity contribution is 0.0866. The second-order valence-corrected chi connectivity index (χ2v) is 4.62. The molecule has 2 heterocycles. The minimum absolute atomic E-state index is 0.0612. The van der Waals surface area contributed by atoms with Gasteiger partial charge in [-0.1, -0.05) is 6.07 Å². The number of nitrogens with one attached hydrogen (secondary N) is 2. The van der Waals surface area contributed by atoms with E-state index in [1.54, 1.807) is 6.20 Å². The molecule has 1 fully saturated rings. The molecule has 3 rings (SSSR count). The lowest BCUT2D eigenvalue weighted by Gasteiger charge is -2.15. The molecule has 5 nitrogen and oxygen atoms in total. The van der Waals surface area contributed by atoms with E-state index in [1.807, 2.05) is 25.1 Å². The molecule has 1 amide bonds. The van der Waals surface area contributed by atoms with Crippen LogP contribution >= 0.6 is 0 Å². The fraction of sp³-hybridized carbons (Fsp3) is 0.385. The summed E-state index contributed by atoms with van der Waals surface area (Å²) in [6, 6.07) is 5.63. The Morgan fingerprint density at radius 3 is 3.22 bits per heavy atom. The van der Waals surface area contributed by atoms with Crippen LogP contribution in [0.2, 0.25) is 0 Å². The molecule has 0 aliphatic carbocycles. The lowest BCUT2D eigenvalue weighted by Crippen LogP contribution is -2.39. The minimum atomic E-state index is -0.0612. The van der Waals surface area contributed by atoms with Crippen LogP contribution in [0.3, 0.4) is 0 Å². The first-order valence-electron chi connectivity index (χ1n) is 6.09. The molecule has 1 aliphatic heterocycles. The van der Waals surface area contributed by atoms with E-state index in [0.29, 0.717) is 12.2 Å². The Bertz CT molecular complexity index is 578. The molecule has 94 valence electrons. The summed E-state index contributed by atoms with van der Waals surface area (Å²) in [6.07, 6.45) is 2.70. The van der Waals surface area contributed by atoms with E-state index in [-0.39, 0.29) is 18.1 Å². The first-order valence-corrected chi connectivity index (χ1v) is 6.09. The highest BCUT2D eigenvalue weighted by Gasteiger charge is 2.25. The Morgan fingerprint density at radius 2 is 2.44 bits per heavy atom. The van der Waals surface area contributed by atoms with Crippen LogP contribution in [0, 0.1) is 0 Å². The Balaban J connectivity index is 1.78. The monoisotopic (exact) mass is 245 g/mol. The van der Waals surface area contributed by atoms with E-state index >= 15 is 0 Å². The first kappa shape index (κ1) is 11.2. The predicted octanol–water partition coefficient (Wildman–Crippen LogP) is 1.47. The van der Waals surface area contributed by atoms with Gasteiger partial charge in [0.1, 0.15) is 0 Å². The first-order chi connectivity index (χ1) is 8.74. The number of aromatic amines is 1. The van der Waals surface area contributed by atoms with Crippen LogP contribution in [0.5, 0.6) is 0 Å². The van der Waals surface area contributed by atoms with Gasteiger partial charge in [0.25, 0.3) is 5.91 Å². The number of rotatable bonds is 2. The fourth-order valence-corrected chi connectivity index (χ4v) is 2.25. The van der Waals surface area contributed by atoms with E-state index in [2.05, 4.69) is 15.5 Å². The van der Waals surface area contributed by atoms with Gasteiger partial charge in [-0.3, -0.25) is 9.89 Å². The van der Waals surface area contributed by atoms with Gasteiger partial charge in [0, 0.05) is 17.6 Å². The summed E-state index contributed by atoms with van der Waals surface area (Å²) >= 11 is 0. The summed E-state index contributed by atoms with van der Waals surface area (Å²) in [5.74, 6) is -0.0612. The number of H-pyrrole nitrogens is 1. The summed E-state index contributed by atoms with van der Waals surface area (Å²) in [4.78, 5) is 12.1. The normalized spacial score (nSPS) is 23.4. The van der Waals surface area contributed by atoms with Gasteiger partial charge >= 0.3 is 0 Å². The van der Waals surface area contributed by atoms with Gasteiger partial charge in [0.15, 0.2) is 0 Å². The third-order valence-corrected chi connectivity index (χ3v) is 3.40. The molecule has 18 heavy (non-hydrogen) atoms. The maximum atomic E-state index is 12.1. The average molecular weight is 245 g/mol. The molecule has 5 heteroatoms. The largest absolute Gasteiger partial charge is 0.376 e. The van der Waals surface area contributed by atoms with Gasteiger partial charge in [0.2, 0.25) is 0 Å². The number of nitrogens with zero attached hydrogens (tertiary/aromatic N) is 1. The second-order valence-electron chi connectivity index (χ2n) is 4.62. The van der Waals surface area contributed by atoms with Crippen LogP contribution in [-0.2, 0) is 4.74 Å². The van der Waals surface area contributed by atoms with Crippen molar-refractivity contribution in [1.82, 2.24) is 15.5 Å². The van der Waals surface area contributed by atoms with E-state index in [1.165, 1.54) is 0 Å². The maximum Gasteiger partial charge on any atom is 0.251 e. The summed E-state index contributed by atoms with van der Waals surface area (Å²) in [5, 5.41) is 10.8. The summed E-state index contributed by atoms with van der Waals surface area (Å²) in [7, 11) is 0. The van der Waals surface area contributed by atoms with Gasteiger partial charge in [-0.05, 0) is 25.5 Å². The topological polar surface area (TPSA) is 67.0 Å². The van der Waals surface area contributed by atoms with Crippen molar-refractivity contribution in [2.45, 2.75) is 25.5 Å². The Hall–Kier alpha value is -1.88. The number of ether oxygens (including phenoxy) is 1. The van der Waals surface area contributed by atoms with Crippen molar-refractivity contribution in [3.05, 3.63) is 30.0 Å². The van der Waals surface area contributed by atoms with Crippen molar-refractivity contribution in [2.75, 3.05) is 6.61 Å². The SMILES string of the molecule is CC1OCCC1NC(=O)c1ccc2cn[nH]c2c1. The zero-order valence-corrected chi connectivity index (χ0v) is 10.1. The van der Waals surface area contributed by atoms with E-state index in [4.69, 9.17) is 4.74 Å². The molecule has 1 aromatic heterocycles. The van der Waals surface area contributed by atoms with Crippen LogP contribution < -0.4 is 5.32 Å². The third kappa shape index (κ3) is 1.97. The molecular weight excluding hydrogens is 230 g/mol. The number of hydrogen-bond acceptors (Lipinski definition) is 3. The van der Waals surface area contributed by atoms with Crippen LogP contribution in [0.4, 0.5) is 0 Å². The molecule has 0 saturated carbocycles. The predicted molar refractivity (Wildman–Crippen MR) is 67.4 cm³/mol. The van der Waals surface area contributed by atoms with E-state index in [0.717, 1.165) is 17.3 Å². The van der Waals surface area contributed by atoms with Crippen molar-refractivity contribution in [3.8, 4) is 0 Å². The van der Waals surface area contributed by atoms with Crippen molar-refractivity contribution >= 4 is 16.8 Å². The molecule has 0 spiro atoms. The number of hydrogen-bond donors (Lipinski definition) is 2. The third-order valence-electron chi connectivity index (χ3n) is 3.40. The number of carbonyl (C=O) groups is 1. The van der Waals surface area contributed by atoms with E-state index in [9.17, 15) is 4.79 Å². The second kappa shape index (κ2) is 4.42. The highest BCUT2D eigenvalue weighted by molar-refractivity contribution is 5.97. The van der Waals surface area contributed by atoms with Crippen LogP contribution in [0.15, 0.2) is 24.4 Å². The standard InChI is InChI=1S/C13H15N3O2/c1-8-11(4-5-18-8)15-13(17)9-2-3-10-7-14-16-12(10)6-9/h2-3,6-8,11H,4-5H2,1H3,(H,14,16)(H,15,17). The number of fused-ring (bicyclic) bond motifs is 1. The molecular formula is C13H15N3O2. The maximum absolute atomic E-state index is 12.1. The van der Waals surface area contributed by atoms with Gasteiger partial charge in [-0.15, -0.1) is 0 Å². The van der Waals surface area contributed by atoms with Crippen LogP contribution in [0.1, 0.15) is 23.7 Å². The number of aromatic nitrogens is 2. The van der Waals surface area contributed by atoms with Gasteiger partial charge < -0.3 is 10.1 Å². The van der Waals surface area contributed by atoms with Crippen molar-refractivity contribution in [3.63, 3.8) is 0 Å². The zero-order valence-electron chi connectivity index (χ0n) is 10.1. The molecule has 1 aromatic carbocycles. The number of amides is 1. The molecule has 2 N–H and O–H groups in total. The van der Waals surface area contributed by atoms with Crippen LogP contribution in [0.25, 0.3) is 10.9 Å². The smallest absolute Gasteiger partial charge is 0.251 e. The summed E-state index contributed by atoms with van der Waals surface area (Å²) in [5.41, 5.74) is 1.52.